The zero-order valence-corrected chi connectivity index (χ0v) is 24.4. The SMILES string of the molecule is CC1(C)c2cc(F)ccc2-c2c1c1c(c3ccccc23)OC(C2=CC=C(F)CC2)(c2ccc(N3CCOCC3)cc2)C=C1. The molecule has 1 atom stereocenters. The Hall–Kier alpha value is -4.22. The second-order valence-corrected chi connectivity index (χ2v) is 12.5. The maximum atomic E-state index is 14.6. The summed E-state index contributed by atoms with van der Waals surface area (Å²) in [6, 6.07) is 22.1. The molecule has 5 heteroatoms. The van der Waals surface area contributed by atoms with Crippen LogP contribution >= 0.6 is 0 Å². The van der Waals surface area contributed by atoms with Gasteiger partial charge in [-0.2, -0.15) is 0 Å². The van der Waals surface area contributed by atoms with Crippen molar-refractivity contribution in [3.63, 3.8) is 0 Å². The minimum atomic E-state index is -0.896. The van der Waals surface area contributed by atoms with Crippen molar-refractivity contribution in [2.24, 2.45) is 0 Å². The topological polar surface area (TPSA) is 21.7 Å². The second-order valence-electron chi connectivity index (χ2n) is 12.5. The number of rotatable bonds is 3. The number of nitrogens with zero attached hydrogens (tertiary/aromatic N) is 1. The molecule has 0 bridgehead atoms. The molecule has 43 heavy (non-hydrogen) atoms. The Morgan fingerprint density at radius 3 is 2.35 bits per heavy atom. The van der Waals surface area contributed by atoms with Crippen molar-refractivity contribution >= 4 is 22.5 Å². The van der Waals surface area contributed by atoms with Crippen molar-refractivity contribution < 1.29 is 18.3 Å². The Bertz CT molecular complexity index is 1880. The molecule has 0 spiro atoms. The molecule has 1 fully saturated rings. The predicted octanol–water partition coefficient (Wildman–Crippen LogP) is 9.00. The zero-order chi connectivity index (χ0) is 29.3. The Balaban J connectivity index is 1.34. The van der Waals surface area contributed by atoms with Crippen molar-refractivity contribution in [2.75, 3.05) is 31.2 Å². The molecule has 8 rings (SSSR count). The largest absolute Gasteiger partial charge is 0.473 e. The highest BCUT2D eigenvalue weighted by molar-refractivity contribution is 6.08. The standard InChI is InChI=1S/C38H33F2NO2/c1-37(2)33-23-27(40)13-16-31(33)34-29-5-3-4-6-30(29)36-32(35(34)37)17-18-38(43-36,24-7-11-26(39)12-8-24)25-9-14-28(15-10-25)41-19-21-42-22-20-41/h3-7,9-11,13-18,23H,8,12,19-22H2,1-2H3. The second kappa shape index (κ2) is 9.65. The van der Waals surface area contributed by atoms with Crippen molar-refractivity contribution in [3.05, 3.63) is 124 Å². The van der Waals surface area contributed by atoms with E-state index in [9.17, 15) is 8.78 Å². The van der Waals surface area contributed by atoms with E-state index in [-0.39, 0.29) is 11.6 Å². The van der Waals surface area contributed by atoms with Crippen LogP contribution in [0.2, 0.25) is 0 Å². The molecule has 2 aliphatic heterocycles. The molecule has 4 aromatic rings. The quantitative estimate of drug-likeness (QED) is 0.244. The van der Waals surface area contributed by atoms with Crippen LogP contribution in [0.25, 0.3) is 28.0 Å². The molecule has 2 heterocycles. The molecule has 4 aromatic carbocycles. The van der Waals surface area contributed by atoms with E-state index in [0.29, 0.717) is 12.8 Å². The molecule has 0 N–H and O–H groups in total. The van der Waals surface area contributed by atoms with E-state index in [4.69, 9.17) is 9.47 Å². The van der Waals surface area contributed by atoms with Gasteiger partial charge in [-0.15, -0.1) is 0 Å². The molecular weight excluding hydrogens is 540 g/mol. The van der Waals surface area contributed by atoms with Crippen LogP contribution in [0.3, 0.4) is 0 Å². The third-order valence-corrected chi connectivity index (χ3v) is 9.75. The number of fused-ring (bicyclic) bond motifs is 8. The van der Waals surface area contributed by atoms with Gasteiger partial charge in [-0.1, -0.05) is 68.5 Å². The van der Waals surface area contributed by atoms with E-state index in [1.807, 2.05) is 18.2 Å². The lowest BCUT2D eigenvalue weighted by Gasteiger charge is -2.40. The molecule has 1 saturated heterocycles. The number of anilines is 1. The van der Waals surface area contributed by atoms with Crippen LogP contribution in [-0.2, 0) is 15.8 Å². The highest BCUT2D eigenvalue weighted by Gasteiger charge is 2.45. The molecule has 0 aromatic heterocycles. The highest BCUT2D eigenvalue weighted by atomic mass is 19.1. The molecule has 1 unspecified atom stereocenters. The Labute approximate surface area is 250 Å². The van der Waals surface area contributed by atoms with Gasteiger partial charge in [0.1, 0.15) is 17.4 Å². The fraction of sp³-hybridized carbons (Fsp3) is 0.263. The average molecular weight is 574 g/mol. The maximum Gasteiger partial charge on any atom is 0.174 e. The van der Waals surface area contributed by atoms with Gasteiger partial charge in [0.2, 0.25) is 0 Å². The van der Waals surface area contributed by atoms with Gasteiger partial charge in [0.25, 0.3) is 0 Å². The Morgan fingerprint density at radius 2 is 1.60 bits per heavy atom. The summed E-state index contributed by atoms with van der Waals surface area (Å²) in [7, 11) is 0. The molecule has 2 aliphatic carbocycles. The molecule has 0 amide bonds. The van der Waals surface area contributed by atoms with E-state index in [0.717, 1.165) is 87.5 Å². The smallest absolute Gasteiger partial charge is 0.174 e. The summed E-state index contributed by atoms with van der Waals surface area (Å²) in [4.78, 5) is 2.34. The summed E-state index contributed by atoms with van der Waals surface area (Å²) in [6.07, 6.45) is 8.72. The van der Waals surface area contributed by atoms with Gasteiger partial charge in [0.15, 0.2) is 5.60 Å². The molecule has 0 radical (unpaired) electrons. The van der Waals surface area contributed by atoms with Gasteiger partial charge >= 0.3 is 0 Å². The molecule has 3 nitrogen and oxygen atoms in total. The molecule has 0 saturated carbocycles. The van der Waals surface area contributed by atoms with Crippen LogP contribution < -0.4 is 9.64 Å². The Kier molecular flexibility index (Phi) is 5.93. The number of hydrogen-bond acceptors (Lipinski definition) is 3. The summed E-state index contributed by atoms with van der Waals surface area (Å²) in [5, 5.41) is 2.10. The van der Waals surface area contributed by atoms with Gasteiger partial charge in [0.05, 0.1) is 13.2 Å². The number of ether oxygens (including phenoxy) is 2. The number of hydrogen-bond donors (Lipinski definition) is 0. The van der Waals surface area contributed by atoms with Crippen molar-refractivity contribution in [1.29, 1.82) is 0 Å². The Morgan fingerprint density at radius 1 is 0.837 bits per heavy atom. The monoisotopic (exact) mass is 573 g/mol. The van der Waals surface area contributed by atoms with Crippen LogP contribution in [-0.4, -0.2) is 26.3 Å². The maximum absolute atomic E-state index is 14.6. The van der Waals surface area contributed by atoms with Gasteiger partial charge in [-0.25, -0.2) is 8.78 Å². The minimum Gasteiger partial charge on any atom is -0.473 e. The number of allylic oxidation sites excluding steroid dienone is 3. The van der Waals surface area contributed by atoms with Gasteiger partial charge in [-0.3, -0.25) is 0 Å². The molecule has 216 valence electrons. The average Bonchev–Trinajstić information content (AvgIpc) is 3.28. The first-order valence-corrected chi connectivity index (χ1v) is 15.1. The number of halogens is 2. The summed E-state index contributed by atoms with van der Waals surface area (Å²) in [5.41, 5.74) is 7.23. The summed E-state index contributed by atoms with van der Waals surface area (Å²) in [6.45, 7) is 7.52. The number of morpholine rings is 1. The van der Waals surface area contributed by atoms with Crippen LogP contribution in [0.4, 0.5) is 14.5 Å². The first-order valence-electron chi connectivity index (χ1n) is 15.1. The molecule has 4 aliphatic rings. The van der Waals surface area contributed by atoms with Crippen LogP contribution in [0.5, 0.6) is 5.75 Å². The highest BCUT2D eigenvalue weighted by Crippen LogP contribution is 2.58. The third-order valence-electron chi connectivity index (χ3n) is 9.75. The van der Waals surface area contributed by atoms with Gasteiger partial charge in [-0.05, 0) is 76.1 Å². The van der Waals surface area contributed by atoms with E-state index in [2.05, 4.69) is 73.4 Å². The fourth-order valence-electron chi connectivity index (χ4n) is 7.58. The first-order chi connectivity index (χ1) is 20.9. The first kappa shape index (κ1) is 26.4. The van der Waals surface area contributed by atoms with Crippen LogP contribution in [0.1, 0.15) is 48.9 Å². The van der Waals surface area contributed by atoms with Crippen molar-refractivity contribution in [3.8, 4) is 16.9 Å². The van der Waals surface area contributed by atoms with E-state index >= 15 is 0 Å². The zero-order valence-electron chi connectivity index (χ0n) is 24.4. The van der Waals surface area contributed by atoms with Crippen LogP contribution in [0, 0.1) is 5.82 Å². The van der Waals surface area contributed by atoms with E-state index in [1.54, 1.807) is 18.2 Å². The molecular formula is C38H33F2NO2. The predicted molar refractivity (Wildman–Crippen MR) is 169 cm³/mol. The summed E-state index contributed by atoms with van der Waals surface area (Å²) < 4.78 is 41.7. The van der Waals surface area contributed by atoms with Crippen molar-refractivity contribution in [1.82, 2.24) is 0 Å². The van der Waals surface area contributed by atoms with Crippen LogP contribution in [0.15, 0.2) is 96.4 Å². The lowest BCUT2D eigenvalue weighted by Crippen LogP contribution is -2.37. The van der Waals surface area contributed by atoms with Crippen molar-refractivity contribution in [2.45, 2.75) is 37.7 Å². The lowest BCUT2D eigenvalue weighted by atomic mass is 9.75. The minimum absolute atomic E-state index is 0.114. The summed E-state index contributed by atoms with van der Waals surface area (Å²) >= 11 is 0. The normalized spacial score (nSPS) is 21.9. The number of benzene rings is 4. The fourth-order valence-corrected chi connectivity index (χ4v) is 7.58. The van der Waals surface area contributed by atoms with E-state index < -0.39 is 11.0 Å². The van der Waals surface area contributed by atoms with Gasteiger partial charge in [0, 0.05) is 47.1 Å². The third kappa shape index (κ3) is 3.94. The lowest BCUT2D eigenvalue weighted by molar-refractivity contribution is 0.122. The van der Waals surface area contributed by atoms with E-state index in [1.165, 1.54) is 0 Å². The summed E-state index contributed by atoms with van der Waals surface area (Å²) in [5.74, 6) is 0.469. The van der Waals surface area contributed by atoms with Gasteiger partial charge < -0.3 is 14.4 Å².